The molecule has 1 aliphatic heterocycles. The number of rotatable bonds is 8. The predicted octanol–water partition coefficient (Wildman–Crippen LogP) is 4.20. The van der Waals surface area contributed by atoms with Gasteiger partial charge in [0.15, 0.2) is 11.5 Å². The summed E-state index contributed by atoms with van der Waals surface area (Å²) in [6.07, 6.45) is 0.655. The standard InChI is InChI=1S/C35H39N3O7/c1-20(2)18-25-29(39)32(42)31(41)28-30(40)27(21(3)45-33(25)28)23-10-12-24(13-11-23)34(43)36-26(19-22-8-6-5-7-9-22)35(44)38-16-14-37(4)15-17-38/h5-13,20,26,39,41-42H,14-19H2,1-4H3,(H,36,43). The summed E-state index contributed by atoms with van der Waals surface area (Å²) in [6, 6.07) is 15.1. The largest absolute Gasteiger partial charge is 0.504 e. The Morgan fingerprint density at radius 1 is 0.889 bits per heavy atom. The zero-order valence-electron chi connectivity index (χ0n) is 26.0. The average Bonchev–Trinajstić information content (AvgIpc) is 3.02. The maximum Gasteiger partial charge on any atom is 0.251 e. The summed E-state index contributed by atoms with van der Waals surface area (Å²) in [6.45, 7) is 8.14. The summed E-state index contributed by atoms with van der Waals surface area (Å²) in [5, 5.41) is 34.2. The van der Waals surface area contributed by atoms with E-state index < -0.39 is 34.6 Å². The highest BCUT2D eigenvalue weighted by Gasteiger charge is 2.29. The molecule has 0 bridgehead atoms. The lowest BCUT2D eigenvalue weighted by Gasteiger charge is -2.34. The fraction of sp³-hybridized carbons (Fsp3) is 0.343. The third-order valence-electron chi connectivity index (χ3n) is 8.28. The third-order valence-corrected chi connectivity index (χ3v) is 8.28. The van der Waals surface area contributed by atoms with Gasteiger partial charge in [0.25, 0.3) is 5.91 Å². The molecular weight excluding hydrogens is 574 g/mol. The van der Waals surface area contributed by atoms with Crippen molar-refractivity contribution in [1.29, 1.82) is 0 Å². The molecule has 0 saturated carbocycles. The summed E-state index contributed by atoms with van der Waals surface area (Å²) in [7, 11) is 2.01. The van der Waals surface area contributed by atoms with E-state index in [0.29, 0.717) is 37.1 Å². The summed E-state index contributed by atoms with van der Waals surface area (Å²) in [5.74, 6) is -2.29. The number of benzene rings is 3. The van der Waals surface area contributed by atoms with E-state index in [1.54, 1.807) is 36.1 Å². The van der Waals surface area contributed by atoms with Crippen LogP contribution in [0, 0.1) is 12.8 Å². The highest BCUT2D eigenvalue weighted by atomic mass is 16.3. The van der Waals surface area contributed by atoms with Crippen LogP contribution in [0.5, 0.6) is 17.2 Å². The molecule has 0 aliphatic carbocycles. The van der Waals surface area contributed by atoms with E-state index in [1.807, 2.05) is 51.2 Å². The predicted molar refractivity (Wildman–Crippen MR) is 172 cm³/mol. The Kier molecular flexibility index (Phi) is 9.15. The van der Waals surface area contributed by atoms with Gasteiger partial charge < -0.3 is 34.9 Å². The highest BCUT2D eigenvalue weighted by molar-refractivity contribution is 5.98. The second-order valence-corrected chi connectivity index (χ2v) is 12.1. The van der Waals surface area contributed by atoms with Crippen LogP contribution in [0.1, 0.15) is 41.1 Å². The van der Waals surface area contributed by atoms with E-state index in [1.165, 1.54) is 0 Å². The molecule has 1 aromatic heterocycles. The first kappa shape index (κ1) is 31.6. The minimum absolute atomic E-state index is 0.0215. The second-order valence-electron chi connectivity index (χ2n) is 12.1. The molecule has 1 atom stereocenters. The van der Waals surface area contributed by atoms with Gasteiger partial charge in [0.2, 0.25) is 17.1 Å². The number of fused-ring (bicyclic) bond motifs is 1. The fourth-order valence-electron chi connectivity index (χ4n) is 5.81. The van der Waals surface area contributed by atoms with Crippen molar-refractivity contribution in [3.8, 4) is 28.4 Å². The van der Waals surface area contributed by atoms with Crippen LogP contribution < -0.4 is 10.7 Å². The number of phenolic OH excluding ortho intramolecular Hbond substituents is 3. The molecule has 45 heavy (non-hydrogen) atoms. The number of phenols is 3. The van der Waals surface area contributed by atoms with Crippen LogP contribution in [0.3, 0.4) is 0 Å². The van der Waals surface area contributed by atoms with Crippen molar-refractivity contribution in [2.75, 3.05) is 33.2 Å². The van der Waals surface area contributed by atoms with Gasteiger partial charge in [-0.25, -0.2) is 0 Å². The molecule has 1 aliphatic rings. The molecule has 2 heterocycles. The Labute approximate surface area is 261 Å². The van der Waals surface area contributed by atoms with E-state index in [-0.39, 0.29) is 39.7 Å². The molecule has 0 radical (unpaired) electrons. The molecular formula is C35H39N3O7. The first-order valence-electron chi connectivity index (χ1n) is 15.1. The molecule has 2 amide bonds. The van der Waals surface area contributed by atoms with Gasteiger partial charge in [-0.3, -0.25) is 14.4 Å². The van der Waals surface area contributed by atoms with Gasteiger partial charge in [0.1, 0.15) is 22.8 Å². The fourth-order valence-corrected chi connectivity index (χ4v) is 5.81. The number of nitrogens with zero attached hydrogens (tertiary/aromatic N) is 2. The molecule has 1 fully saturated rings. The Bertz CT molecular complexity index is 1770. The highest BCUT2D eigenvalue weighted by Crippen LogP contribution is 2.45. The van der Waals surface area contributed by atoms with Gasteiger partial charge in [-0.2, -0.15) is 0 Å². The monoisotopic (exact) mass is 613 g/mol. The number of nitrogens with one attached hydrogen (secondary N) is 1. The molecule has 3 aromatic carbocycles. The van der Waals surface area contributed by atoms with Crippen LogP contribution in [0.4, 0.5) is 0 Å². The van der Waals surface area contributed by atoms with Gasteiger partial charge in [0, 0.05) is 43.7 Å². The quantitative estimate of drug-likeness (QED) is 0.217. The Morgan fingerprint density at radius 3 is 2.16 bits per heavy atom. The minimum atomic E-state index is -0.775. The Morgan fingerprint density at radius 2 is 1.53 bits per heavy atom. The van der Waals surface area contributed by atoms with Gasteiger partial charge in [-0.1, -0.05) is 56.3 Å². The molecule has 4 aromatic rings. The van der Waals surface area contributed by atoms with Gasteiger partial charge in [0.05, 0.1) is 5.56 Å². The number of aryl methyl sites for hydroxylation is 1. The summed E-state index contributed by atoms with van der Waals surface area (Å²) < 4.78 is 6.00. The Balaban J connectivity index is 1.44. The minimum Gasteiger partial charge on any atom is -0.504 e. The first-order valence-corrected chi connectivity index (χ1v) is 15.1. The van der Waals surface area contributed by atoms with Crippen molar-refractivity contribution in [1.82, 2.24) is 15.1 Å². The molecule has 10 heteroatoms. The number of carbonyl (C=O) groups excluding carboxylic acids is 2. The van der Waals surface area contributed by atoms with E-state index in [0.717, 1.165) is 18.7 Å². The first-order chi connectivity index (χ1) is 21.5. The molecule has 236 valence electrons. The van der Waals surface area contributed by atoms with Crippen molar-refractivity contribution in [3.63, 3.8) is 0 Å². The van der Waals surface area contributed by atoms with Crippen LogP contribution in [0.2, 0.25) is 0 Å². The maximum atomic E-state index is 13.7. The molecule has 0 spiro atoms. The smallest absolute Gasteiger partial charge is 0.251 e. The number of likely N-dealkylation sites (N-methyl/N-ethyl adjacent to an activating group) is 1. The SMILES string of the molecule is Cc1oc2c(CC(C)C)c(O)c(O)c(O)c2c(=O)c1-c1ccc(C(=O)NC(Cc2ccccc2)C(=O)N2CCN(C)CC2)cc1. The van der Waals surface area contributed by atoms with Crippen molar-refractivity contribution < 1.29 is 29.3 Å². The zero-order chi connectivity index (χ0) is 32.4. The molecule has 5 rings (SSSR count). The van der Waals surface area contributed by atoms with Crippen LogP contribution in [0.15, 0.2) is 63.8 Å². The maximum absolute atomic E-state index is 13.7. The number of piperazine rings is 1. The summed E-state index contributed by atoms with van der Waals surface area (Å²) >= 11 is 0. The van der Waals surface area contributed by atoms with Crippen LogP contribution in [0.25, 0.3) is 22.1 Å². The van der Waals surface area contributed by atoms with E-state index >= 15 is 0 Å². The lowest BCUT2D eigenvalue weighted by molar-refractivity contribution is -0.134. The van der Waals surface area contributed by atoms with Crippen molar-refractivity contribution in [3.05, 3.63) is 87.3 Å². The molecule has 1 saturated heterocycles. The van der Waals surface area contributed by atoms with Crippen molar-refractivity contribution in [2.24, 2.45) is 5.92 Å². The number of aromatic hydroxyl groups is 3. The molecule has 1 unspecified atom stereocenters. The third kappa shape index (κ3) is 6.51. The average molecular weight is 614 g/mol. The van der Waals surface area contributed by atoms with Crippen LogP contribution in [-0.4, -0.2) is 76.2 Å². The number of hydrogen-bond acceptors (Lipinski definition) is 8. The van der Waals surface area contributed by atoms with E-state index in [9.17, 15) is 29.7 Å². The number of carbonyl (C=O) groups is 2. The van der Waals surface area contributed by atoms with Crippen molar-refractivity contribution in [2.45, 2.75) is 39.7 Å². The number of amides is 2. The van der Waals surface area contributed by atoms with Crippen molar-refractivity contribution >= 4 is 22.8 Å². The van der Waals surface area contributed by atoms with E-state index in [4.69, 9.17) is 4.42 Å². The van der Waals surface area contributed by atoms with Crippen LogP contribution >= 0.6 is 0 Å². The van der Waals surface area contributed by atoms with E-state index in [2.05, 4.69) is 10.2 Å². The lowest BCUT2D eigenvalue weighted by atomic mass is 9.95. The normalized spacial score (nSPS) is 14.6. The molecule has 4 N–H and O–H groups in total. The van der Waals surface area contributed by atoms with Gasteiger partial charge in [-0.15, -0.1) is 0 Å². The zero-order valence-corrected chi connectivity index (χ0v) is 26.0. The lowest BCUT2D eigenvalue weighted by Crippen LogP contribution is -2.55. The molecule has 10 nitrogen and oxygen atoms in total. The van der Waals surface area contributed by atoms with Gasteiger partial charge in [-0.05, 0) is 49.6 Å². The summed E-state index contributed by atoms with van der Waals surface area (Å²) in [5.41, 5.74) is 1.50. The van der Waals surface area contributed by atoms with Gasteiger partial charge >= 0.3 is 0 Å². The topological polar surface area (TPSA) is 144 Å². The Hall–Kier alpha value is -4.83. The van der Waals surface area contributed by atoms with Crippen LogP contribution in [-0.2, 0) is 17.6 Å². The number of hydrogen-bond donors (Lipinski definition) is 4. The summed E-state index contributed by atoms with van der Waals surface area (Å²) in [4.78, 5) is 44.6. The second kappa shape index (κ2) is 13.0.